The van der Waals surface area contributed by atoms with Crippen LogP contribution in [0.5, 0.6) is 0 Å². The Bertz CT molecular complexity index is 826. The molecule has 0 spiro atoms. The van der Waals surface area contributed by atoms with Gasteiger partial charge in [0, 0.05) is 0 Å². The summed E-state index contributed by atoms with van der Waals surface area (Å²) in [5.41, 5.74) is 4.13. The van der Waals surface area contributed by atoms with Crippen molar-refractivity contribution in [2.45, 2.75) is 25.8 Å². The molecule has 0 aliphatic rings. The van der Waals surface area contributed by atoms with E-state index >= 15 is 0 Å². The van der Waals surface area contributed by atoms with Gasteiger partial charge in [-0.05, 0) is 48.6 Å². The Morgan fingerprint density at radius 1 is 1.20 bits per heavy atom. The van der Waals surface area contributed by atoms with Crippen molar-refractivity contribution in [3.05, 3.63) is 65.5 Å². The molecule has 0 saturated heterocycles. The fraction of sp³-hybridized carbons (Fsp3) is 0.300. The van der Waals surface area contributed by atoms with Gasteiger partial charge in [0.05, 0.1) is 23.5 Å². The average molecular weight is 353 g/mol. The first-order chi connectivity index (χ1) is 12.2. The molecule has 0 radical (unpaired) electrons. The van der Waals surface area contributed by atoms with Gasteiger partial charge < -0.3 is 10.3 Å². The summed E-state index contributed by atoms with van der Waals surface area (Å²) in [6, 6.07) is 15.9. The van der Waals surface area contributed by atoms with Gasteiger partial charge in [0.15, 0.2) is 0 Å². The number of hydrogen-bond donors (Lipinski definition) is 2. The monoisotopic (exact) mass is 353 g/mol. The van der Waals surface area contributed by atoms with E-state index in [1.54, 1.807) is 11.8 Å². The van der Waals surface area contributed by atoms with Gasteiger partial charge in [0.1, 0.15) is 5.82 Å². The van der Waals surface area contributed by atoms with E-state index in [0.717, 1.165) is 40.2 Å². The normalized spacial score (nSPS) is 12.2. The zero-order valence-corrected chi connectivity index (χ0v) is 15.4. The molecule has 0 saturated carbocycles. The molecule has 0 bridgehead atoms. The van der Waals surface area contributed by atoms with Crippen LogP contribution in [-0.4, -0.2) is 27.9 Å². The van der Waals surface area contributed by atoms with Crippen LogP contribution in [0.2, 0.25) is 0 Å². The second-order valence-electron chi connectivity index (χ2n) is 6.14. The lowest BCUT2D eigenvalue weighted by Gasteiger charge is -2.17. The second-order valence-corrected chi connectivity index (χ2v) is 7.13. The molecule has 0 aliphatic heterocycles. The molecular weight excluding hydrogens is 330 g/mol. The van der Waals surface area contributed by atoms with Gasteiger partial charge in [0.2, 0.25) is 5.91 Å². The quantitative estimate of drug-likeness (QED) is 0.674. The van der Waals surface area contributed by atoms with Crippen LogP contribution >= 0.6 is 11.8 Å². The highest BCUT2D eigenvalue weighted by atomic mass is 32.2. The predicted molar refractivity (Wildman–Crippen MR) is 105 cm³/mol. The van der Waals surface area contributed by atoms with E-state index < -0.39 is 0 Å². The summed E-state index contributed by atoms with van der Waals surface area (Å²) in [6.07, 6.45) is 3.31. The summed E-state index contributed by atoms with van der Waals surface area (Å²) >= 11 is 1.77. The molecule has 1 amide bonds. The first kappa shape index (κ1) is 17.5. The van der Waals surface area contributed by atoms with E-state index in [9.17, 15) is 4.79 Å². The molecule has 25 heavy (non-hydrogen) atoms. The summed E-state index contributed by atoms with van der Waals surface area (Å²) in [6.45, 7) is 2.03. The molecule has 1 atom stereocenters. The molecule has 2 aromatic carbocycles. The molecule has 4 nitrogen and oxygen atoms in total. The first-order valence-corrected chi connectivity index (χ1v) is 9.84. The topological polar surface area (TPSA) is 57.8 Å². The molecule has 1 heterocycles. The number of para-hydroxylation sites is 2. The number of amides is 1. The zero-order valence-electron chi connectivity index (χ0n) is 14.6. The van der Waals surface area contributed by atoms with Crippen LogP contribution in [0.25, 0.3) is 11.0 Å². The summed E-state index contributed by atoms with van der Waals surface area (Å²) in [5.74, 6) is 1.82. The van der Waals surface area contributed by atoms with Crippen molar-refractivity contribution < 1.29 is 4.79 Å². The smallest absolute Gasteiger partial charge is 0.225 e. The van der Waals surface area contributed by atoms with Gasteiger partial charge in [-0.2, -0.15) is 11.8 Å². The minimum Gasteiger partial charge on any atom is -0.346 e. The van der Waals surface area contributed by atoms with Gasteiger partial charge in [0.25, 0.3) is 0 Å². The van der Waals surface area contributed by atoms with Crippen LogP contribution in [0.3, 0.4) is 0 Å². The van der Waals surface area contributed by atoms with Gasteiger partial charge in [-0.25, -0.2) is 4.98 Å². The lowest BCUT2D eigenvalue weighted by atomic mass is 10.1. The number of aromatic amines is 1. The summed E-state index contributed by atoms with van der Waals surface area (Å²) in [4.78, 5) is 20.6. The number of nitrogens with zero attached hydrogens (tertiary/aromatic N) is 1. The molecule has 0 aliphatic carbocycles. The molecule has 1 aromatic heterocycles. The van der Waals surface area contributed by atoms with Crippen LogP contribution < -0.4 is 5.32 Å². The van der Waals surface area contributed by atoms with Gasteiger partial charge in [-0.3, -0.25) is 4.79 Å². The highest BCUT2D eigenvalue weighted by Crippen LogP contribution is 2.20. The Kier molecular flexibility index (Phi) is 5.76. The third kappa shape index (κ3) is 4.42. The van der Waals surface area contributed by atoms with Crippen LogP contribution in [0.15, 0.2) is 48.5 Å². The standard InChI is InChI=1S/C20H23N3OS/c1-14-7-3-4-8-15(14)13-19(24)21-18(11-12-25-2)20-22-16-9-5-6-10-17(16)23-20/h3-10,18H,11-13H2,1-2H3,(H,21,24)(H,22,23). The highest BCUT2D eigenvalue weighted by molar-refractivity contribution is 7.98. The van der Waals surface area contributed by atoms with E-state index in [4.69, 9.17) is 0 Å². The molecule has 130 valence electrons. The summed E-state index contributed by atoms with van der Waals surface area (Å²) < 4.78 is 0. The lowest BCUT2D eigenvalue weighted by molar-refractivity contribution is -0.121. The molecule has 3 aromatic rings. The van der Waals surface area contributed by atoms with E-state index in [1.807, 2.05) is 55.5 Å². The van der Waals surface area contributed by atoms with Crippen LogP contribution in [-0.2, 0) is 11.2 Å². The fourth-order valence-electron chi connectivity index (χ4n) is 2.88. The maximum absolute atomic E-state index is 12.6. The van der Waals surface area contributed by atoms with Gasteiger partial charge in [-0.1, -0.05) is 36.4 Å². The molecule has 5 heteroatoms. The lowest BCUT2D eigenvalue weighted by Crippen LogP contribution is -2.31. The third-order valence-electron chi connectivity index (χ3n) is 4.30. The van der Waals surface area contributed by atoms with E-state index in [0.29, 0.717) is 6.42 Å². The first-order valence-electron chi connectivity index (χ1n) is 8.45. The fourth-order valence-corrected chi connectivity index (χ4v) is 3.35. The summed E-state index contributed by atoms with van der Waals surface area (Å²) in [5, 5.41) is 3.16. The van der Waals surface area contributed by atoms with Crippen molar-refractivity contribution in [1.82, 2.24) is 15.3 Å². The number of aryl methyl sites for hydroxylation is 1. The Morgan fingerprint density at radius 3 is 2.72 bits per heavy atom. The minimum atomic E-state index is -0.101. The summed E-state index contributed by atoms with van der Waals surface area (Å²) in [7, 11) is 0. The minimum absolute atomic E-state index is 0.0286. The number of nitrogens with one attached hydrogen (secondary N) is 2. The van der Waals surface area contributed by atoms with Crippen molar-refractivity contribution >= 4 is 28.7 Å². The van der Waals surface area contributed by atoms with Crippen LogP contribution in [0, 0.1) is 6.92 Å². The SMILES string of the molecule is CSCCC(NC(=O)Cc1ccccc1C)c1nc2ccccc2[nH]1. The van der Waals surface area contributed by atoms with Crippen molar-refractivity contribution in [1.29, 1.82) is 0 Å². The van der Waals surface area contributed by atoms with Crippen molar-refractivity contribution in [2.75, 3.05) is 12.0 Å². The van der Waals surface area contributed by atoms with Crippen LogP contribution in [0.1, 0.15) is 29.4 Å². The molecule has 3 rings (SSSR count). The maximum Gasteiger partial charge on any atom is 0.225 e. The number of benzene rings is 2. The molecular formula is C20H23N3OS. The average Bonchev–Trinajstić information content (AvgIpc) is 3.04. The third-order valence-corrected chi connectivity index (χ3v) is 4.94. The number of rotatable bonds is 7. The van der Waals surface area contributed by atoms with Crippen molar-refractivity contribution in [3.8, 4) is 0 Å². The maximum atomic E-state index is 12.6. The number of aromatic nitrogens is 2. The molecule has 0 fully saturated rings. The Labute approximate surface area is 152 Å². The number of carbonyl (C=O) groups is 1. The molecule has 2 N–H and O–H groups in total. The Balaban J connectivity index is 1.76. The number of thioether (sulfide) groups is 1. The Hall–Kier alpha value is -2.27. The van der Waals surface area contributed by atoms with Crippen molar-refractivity contribution in [2.24, 2.45) is 0 Å². The van der Waals surface area contributed by atoms with E-state index in [2.05, 4.69) is 21.5 Å². The van der Waals surface area contributed by atoms with E-state index in [-0.39, 0.29) is 11.9 Å². The number of fused-ring (bicyclic) bond motifs is 1. The van der Waals surface area contributed by atoms with Crippen LogP contribution in [0.4, 0.5) is 0 Å². The van der Waals surface area contributed by atoms with Gasteiger partial charge in [-0.15, -0.1) is 0 Å². The number of imidazole rings is 1. The number of H-pyrrole nitrogens is 1. The Morgan fingerprint density at radius 2 is 1.96 bits per heavy atom. The predicted octanol–water partition coefficient (Wildman–Crippen LogP) is 4.02. The highest BCUT2D eigenvalue weighted by Gasteiger charge is 2.18. The van der Waals surface area contributed by atoms with Crippen molar-refractivity contribution in [3.63, 3.8) is 0 Å². The number of carbonyl (C=O) groups excluding carboxylic acids is 1. The largest absolute Gasteiger partial charge is 0.346 e. The second kappa shape index (κ2) is 8.21. The molecule has 1 unspecified atom stereocenters. The zero-order chi connectivity index (χ0) is 17.6. The van der Waals surface area contributed by atoms with Gasteiger partial charge >= 0.3 is 0 Å². The van der Waals surface area contributed by atoms with E-state index in [1.165, 1.54) is 0 Å². The number of hydrogen-bond acceptors (Lipinski definition) is 3.